The van der Waals surface area contributed by atoms with Crippen LogP contribution in [0, 0.1) is 0 Å². The van der Waals surface area contributed by atoms with Crippen LogP contribution in [0.5, 0.6) is 0 Å². The molecule has 1 heterocycles. The predicted octanol–water partition coefficient (Wildman–Crippen LogP) is -0.277. The van der Waals surface area contributed by atoms with Gasteiger partial charge in [0.15, 0.2) is 0 Å². The zero-order chi connectivity index (χ0) is 11.3. The Kier molecular flexibility index (Phi) is 4.05. The Morgan fingerprint density at radius 2 is 2.27 bits per heavy atom. The van der Waals surface area contributed by atoms with Crippen molar-refractivity contribution in [2.24, 2.45) is 5.73 Å². The standard InChI is InChI=1S/C10H16N4O/c1-14(2)9-4-3-8(6-12-9)7-13-10(15)5-11/h3-4,6H,5,7,11H2,1-2H3,(H,13,15). The molecule has 1 amide bonds. The number of carbonyl (C=O) groups is 1. The van der Waals surface area contributed by atoms with E-state index < -0.39 is 0 Å². The van der Waals surface area contributed by atoms with E-state index in [0.717, 1.165) is 11.4 Å². The number of hydrogen-bond acceptors (Lipinski definition) is 4. The van der Waals surface area contributed by atoms with Gasteiger partial charge < -0.3 is 16.0 Å². The van der Waals surface area contributed by atoms with Gasteiger partial charge in [0.25, 0.3) is 0 Å². The van der Waals surface area contributed by atoms with Gasteiger partial charge in [0.2, 0.25) is 5.91 Å². The van der Waals surface area contributed by atoms with Crippen LogP contribution in [0.25, 0.3) is 0 Å². The lowest BCUT2D eigenvalue weighted by atomic mass is 10.3. The highest BCUT2D eigenvalue weighted by molar-refractivity contribution is 5.77. The van der Waals surface area contributed by atoms with E-state index in [1.165, 1.54) is 0 Å². The summed E-state index contributed by atoms with van der Waals surface area (Å²) in [7, 11) is 3.86. The minimum Gasteiger partial charge on any atom is -0.363 e. The monoisotopic (exact) mass is 208 g/mol. The molecule has 0 bridgehead atoms. The van der Waals surface area contributed by atoms with Crippen LogP contribution in [0.15, 0.2) is 18.3 Å². The molecule has 0 saturated heterocycles. The van der Waals surface area contributed by atoms with Crippen molar-refractivity contribution in [3.63, 3.8) is 0 Å². The summed E-state index contributed by atoms with van der Waals surface area (Å²) in [6.07, 6.45) is 1.74. The molecule has 1 rings (SSSR count). The number of nitrogens with zero attached hydrogens (tertiary/aromatic N) is 2. The first kappa shape index (κ1) is 11.5. The summed E-state index contributed by atoms with van der Waals surface area (Å²) in [5.41, 5.74) is 6.13. The van der Waals surface area contributed by atoms with Crippen molar-refractivity contribution in [3.8, 4) is 0 Å². The molecular weight excluding hydrogens is 192 g/mol. The van der Waals surface area contributed by atoms with Gasteiger partial charge >= 0.3 is 0 Å². The maximum absolute atomic E-state index is 10.9. The molecule has 0 aromatic carbocycles. The minimum atomic E-state index is -0.160. The number of hydrogen-bond donors (Lipinski definition) is 2. The van der Waals surface area contributed by atoms with Gasteiger partial charge in [-0.05, 0) is 11.6 Å². The Hall–Kier alpha value is -1.62. The summed E-state index contributed by atoms with van der Waals surface area (Å²) in [4.78, 5) is 17.0. The van der Waals surface area contributed by atoms with Gasteiger partial charge in [-0.15, -0.1) is 0 Å². The zero-order valence-corrected chi connectivity index (χ0v) is 9.03. The van der Waals surface area contributed by atoms with Crippen molar-refractivity contribution < 1.29 is 4.79 Å². The van der Waals surface area contributed by atoms with E-state index in [-0.39, 0.29) is 12.5 Å². The molecule has 0 atom stereocenters. The topological polar surface area (TPSA) is 71.2 Å². The normalized spacial score (nSPS) is 9.80. The largest absolute Gasteiger partial charge is 0.363 e. The lowest BCUT2D eigenvalue weighted by molar-refractivity contribution is -0.119. The van der Waals surface area contributed by atoms with E-state index in [1.807, 2.05) is 31.1 Å². The van der Waals surface area contributed by atoms with Crippen LogP contribution in [0.4, 0.5) is 5.82 Å². The number of nitrogens with two attached hydrogens (primary N) is 1. The second-order valence-electron chi connectivity index (χ2n) is 3.40. The zero-order valence-electron chi connectivity index (χ0n) is 9.03. The number of nitrogens with one attached hydrogen (secondary N) is 1. The molecule has 5 heteroatoms. The van der Waals surface area contributed by atoms with Crippen LogP contribution < -0.4 is 16.0 Å². The van der Waals surface area contributed by atoms with Gasteiger partial charge in [-0.25, -0.2) is 4.98 Å². The molecule has 0 unspecified atom stereocenters. The molecule has 1 aromatic heterocycles. The Morgan fingerprint density at radius 3 is 2.73 bits per heavy atom. The van der Waals surface area contributed by atoms with Crippen LogP contribution >= 0.6 is 0 Å². The Labute approximate surface area is 89.3 Å². The van der Waals surface area contributed by atoms with Gasteiger partial charge in [-0.2, -0.15) is 0 Å². The summed E-state index contributed by atoms with van der Waals surface area (Å²) >= 11 is 0. The molecule has 0 aliphatic heterocycles. The highest BCUT2D eigenvalue weighted by Gasteiger charge is 1.99. The van der Waals surface area contributed by atoms with E-state index in [1.54, 1.807) is 6.20 Å². The summed E-state index contributed by atoms with van der Waals surface area (Å²) in [5.74, 6) is 0.732. The third-order valence-corrected chi connectivity index (χ3v) is 1.94. The summed E-state index contributed by atoms with van der Waals surface area (Å²) in [6, 6.07) is 3.84. The average Bonchev–Trinajstić information content (AvgIpc) is 2.26. The van der Waals surface area contributed by atoms with Crippen molar-refractivity contribution in [1.29, 1.82) is 0 Å². The van der Waals surface area contributed by atoms with Crippen molar-refractivity contribution in [2.75, 3.05) is 25.5 Å². The SMILES string of the molecule is CN(C)c1ccc(CNC(=O)CN)cn1. The molecule has 15 heavy (non-hydrogen) atoms. The highest BCUT2D eigenvalue weighted by Crippen LogP contribution is 2.07. The summed E-state index contributed by atoms with van der Waals surface area (Å²) < 4.78 is 0. The van der Waals surface area contributed by atoms with E-state index in [2.05, 4.69) is 10.3 Å². The lowest BCUT2D eigenvalue weighted by Crippen LogP contribution is -2.29. The number of carbonyl (C=O) groups excluding carboxylic acids is 1. The summed E-state index contributed by atoms with van der Waals surface area (Å²) in [6.45, 7) is 0.486. The summed E-state index contributed by atoms with van der Waals surface area (Å²) in [5, 5.41) is 2.68. The molecule has 0 spiro atoms. The average molecular weight is 208 g/mol. The quantitative estimate of drug-likeness (QED) is 0.714. The molecule has 5 nitrogen and oxygen atoms in total. The molecule has 0 saturated carbocycles. The number of pyridine rings is 1. The minimum absolute atomic E-state index is 0.0171. The van der Waals surface area contributed by atoms with Crippen LogP contribution in [0.2, 0.25) is 0 Å². The third-order valence-electron chi connectivity index (χ3n) is 1.94. The van der Waals surface area contributed by atoms with Gasteiger partial charge in [-0.3, -0.25) is 4.79 Å². The predicted molar refractivity (Wildman–Crippen MR) is 59.5 cm³/mol. The van der Waals surface area contributed by atoms with Crippen molar-refractivity contribution in [3.05, 3.63) is 23.9 Å². The lowest BCUT2D eigenvalue weighted by Gasteiger charge is -2.11. The second-order valence-corrected chi connectivity index (χ2v) is 3.40. The first-order valence-electron chi connectivity index (χ1n) is 4.72. The Bertz CT molecular complexity index is 321. The molecule has 3 N–H and O–H groups in total. The molecule has 0 aliphatic carbocycles. The Morgan fingerprint density at radius 1 is 1.53 bits per heavy atom. The smallest absolute Gasteiger partial charge is 0.234 e. The highest BCUT2D eigenvalue weighted by atomic mass is 16.1. The fourth-order valence-corrected chi connectivity index (χ4v) is 1.06. The van der Waals surface area contributed by atoms with E-state index >= 15 is 0 Å². The molecular formula is C10H16N4O. The van der Waals surface area contributed by atoms with Crippen LogP contribution in [-0.2, 0) is 11.3 Å². The maximum atomic E-state index is 10.9. The van der Waals surface area contributed by atoms with E-state index in [9.17, 15) is 4.79 Å². The van der Waals surface area contributed by atoms with Crippen LogP contribution in [-0.4, -0.2) is 31.5 Å². The first-order valence-corrected chi connectivity index (χ1v) is 4.72. The van der Waals surface area contributed by atoms with Crippen molar-refractivity contribution in [2.45, 2.75) is 6.54 Å². The van der Waals surface area contributed by atoms with Crippen molar-refractivity contribution >= 4 is 11.7 Å². The van der Waals surface area contributed by atoms with Gasteiger partial charge in [-0.1, -0.05) is 6.07 Å². The van der Waals surface area contributed by atoms with Crippen LogP contribution in [0.1, 0.15) is 5.56 Å². The molecule has 1 aromatic rings. The third kappa shape index (κ3) is 3.55. The van der Waals surface area contributed by atoms with E-state index in [0.29, 0.717) is 6.54 Å². The second kappa shape index (κ2) is 5.31. The fraction of sp³-hybridized carbons (Fsp3) is 0.400. The molecule has 82 valence electrons. The molecule has 0 aliphatic rings. The van der Waals surface area contributed by atoms with E-state index in [4.69, 9.17) is 5.73 Å². The Balaban J connectivity index is 2.53. The molecule has 0 radical (unpaired) electrons. The van der Waals surface area contributed by atoms with Gasteiger partial charge in [0.05, 0.1) is 6.54 Å². The maximum Gasteiger partial charge on any atom is 0.234 e. The first-order chi connectivity index (χ1) is 7.13. The number of aromatic nitrogens is 1. The number of rotatable bonds is 4. The fourth-order valence-electron chi connectivity index (χ4n) is 1.06. The number of amides is 1. The van der Waals surface area contributed by atoms with Crippen molar-refractivity contribution in [1.82, 2.24) is 10.3 Å². The van der Waals surface area contributed by atoms with Crippen LogP contribution in [0.3, 0.4) is 0 Å². The molecule has 0 fully saturated rings. The van der Waals surface area contributed by atoms with Gasteiger partial charge in [0.1, 0.15) is 5.82 Å². The van der Waals surface area contributed by atoms with Gasteiger partial charge in [0, 0.05) is 26.8 Å². The number of anilines is 1.